The van der Waals surface area contributed by atoms with Crippen LogP contribution in [0, 0.1) is 0 Å². The van der Waals surface area contributed by atoms with E-state index in [1.807, 2.05) is 0 Å². The Hall–Kier alpha value is -14.8. The zero-order valence-corrected chi connectivity index (χ0v) is 60.3. The first-order valence-corrected chi connectivity index (χ1v) is 38.5. The molecule has 0 fully saturated rings. The highest BCUT2D eigenvalue weighted by molar-refractivity contribution is 6.33. The predicted molar refractivity (Wildman–Crippen MR) is 471 cm³/mol. The number of rotatable bonds is 7. The lowest BCUT2D eigenvalue weighted by atomic mass is 9.84. The molecule has 25 rings (SSSR count). The van der Waals surface area contributed by atoms with E-state index in [9.17, 15) is 0 Å². The van der Waals surface area contributed by atoms with Crippen molar-refractivity contribution in [3.8, 4) is 77.9 Å². The Bertz CT molecular complexity index is 8280. The number of hydrogen-bond acceptors (Lipinski definition) is 4. The summed E-state index contributed by atoms with van der Waals surface area (Å²) in [5.41, 5.74) is 22.1. The van der Waals surface area contributed by atoms with Crippen molar-refractivity contribution in [2.45, 2.75) is 0 Å². The molecular weight excluding hydrogens is 1360 g/mol. The van der Waals surface area contributed by atoms with Gasteiger partial charge in [-0.05, 0) is 213 Å². The predicted octanol–water partition coefficient (Wildman–Crippen LogP) is 31.3. The van der Waals surface area contributed by atoms with Crippen molar-refractivity contribution in [1.82, 2.24) is 0 Å². The van der Waals surface area contributed by atoms with Gasteiger partial charge in [0.15, 0.2) is 0 Å². The second-order valence-corrected chi connectivity index (χ2v) is 30.2. The van der Waals surface area contributed by atoms with Gasteiger partial charge in [-0.1, -0.05) is 303 Å². The standard InChI is InChI=1S/C108H60O4/c1-2-22-69-68(21-1)57-88(74-27-7-3-23-70(69)74)62-43-47-64(48-44-62)100-80-32-11-15-36-84(80)102(85-37-16-12-33-81(85)100)94-60-92-90-56-66(51-54-97(90)111-106(92)103-86-38-18-20-40-96(86)110-107(94)103)67-50-53-87-98(58-67)112-108-93(59-91-77-29-17-19-39-95(77)109-105(91)104(87)108)101-82-34-13-9-30-78(82)99(79-31-10-14-35-83(79)101)63-45-41-61(42-46-63)65-49-52-76-73-26-5-4-24-71(73)72-25-6-8-28-75(72)89(76)55-65/h1-60H. The second kappa shape index (κ2) is 23.3. The highest BCUT2D eigenvalue weighted by Gasteiger charge is 2.29. The second-order valence-electron chi connectivity index (χ2n) is 30.2. The van der Waals surface area contributed by atoms with Crippen LogP contribution in [0.4, 0.5) is 0 Å². The quantitative estimate of drug-likeness (QED) is 0.118. The first kappa shape index (κ1) is 61.2. The van der Waals surface area contributed by atoms with Crippen LogP contribution in [0.25, 0.3) is 263 Å². The summed E-state index contributed by atoms with van der Waals surface area (Å²) in [6.07, 6.45) is 0. The third-order valence-corrected chi connectivity index (χ3v) is 24.4. The number of fused-ring (bicyclic) bond motifs is 27. The van der Waals surface area contributed by atoms with Gasteiger partial charge in [-0.3, -0.25) is 0 Å². The van der Waals surface area contributed by atoms with E-state index in [1.165, 1.54) is 87.2 Å². The van der Waals surface area contributed by atoms with Crippen LogP contribution in [0.15, 0.2) is 382 Å². The fourth-order valence-electron chi connectivity index (χ4n) is 19.4. The van der Waals surface area contributed by atoms with Crippen molar-refractivity contribution in [3.63, 3.8) is 0 Å². The van der Waals surface area contributed by atoms with E-state index in [-0.39, 0.29) is 0 Å². The van der Waals surface area contributed by atoms with Crippen LogP contribution in [0.1, 0.15) is 0 Å². The maximum atomic E-state index is 7.50. The van der Waals surface area contributed by atoms with Gasteiger partial charge in [0.25, 0.3) is 0 Å². The van der Waals surface area contributed by atoms with Gasteiger partial charge in [-0.15, -0.1) is 0 Å². The summed E-state index contributed by atoms with van der Waals surface area (Å²) in [7, 11) is 0. The number of para-hydroxylation sites is 2. The molecule has 0 amide bonds. The van der Waals surface area contributed by atoms with Crippen LogP contribution in [0.2, 0.25) is 0 Å². The summed E-state index contributed by atoms with van der Waals surface area (Å²) in [6, 6.07) is 133. The summed E-state index contributed by atoms with van der Waals surface area (Å²) < 4.78 is 28.8. The fourth-order valence-corrected chi connectivity index (χ4v) is 19.4. The van der Waals surface area contributed by atoms with Gasteiger partial charge in [-0.2, -0.15) is 0 Å². The van der Waals surface area contributed by atoms with Crippen LogP contribution in [-0.2, 0) is 0 Å². The van der Waals surface area contributed by atoms with E-state index >= 15 is 0 Å². The monoisotopic (exact) mass is 1420 g/mol. The SMILES string of the molecule is c1ccc2c(c1)cc(-c1ccc(-c3c4ccccc4c(-c4cc5c6cc(-c7ccc8c(c7)oc7c(-c9c%10ccccc%10c(-c%10ccc(-c%11ccc%12c%13ccccc%13c%13ccccc%13c%12c%11)cc%10)c%10ccccc9%10)cc9c%10ccccc%10oc9c78)ccc6oc5c5c4oc4ccccc45)c4ccccc34)cc1)c1ccccc12. The summed E-state index contributed by atoms with van der Waals surface area (Å²) in [5, 5.41) is 29.8. The van der Waals surface area contributed by atoms with E-state index in [4.69, 9.17) is 17.7 Å². The van der Waals surface area contributed by atoms with E-state index < -0.39 is 0 Å². The van der Waals surface area contributed by atoms with Gasteiger partial charge in [0, 0.05) is 54.6 Å². The molecule has 4 nitrogen and oxygen atoms in total. The molecule has 0 spiro atoms. The van der Waals surface area contributed by atoms with Crippen molar-refractivity contribution in [2.75, 3.05) is 0 Å². The Labute approximate surface area is 640 Å². The molecule has 0 unspecified atom stereocenters. The van der Waals surface area contributed by atoms with Crippen molar-refractivity contribution in [1.29, 1.82) is 0 Å². The first-order chi connectivity index (χ1) is 55.5. The third kappa shape index (κ3) is 8.77. The van der Waals surface area contributed by atoms with E-state index in [0.717, 1.165) is 175 Å². The maximum absolute atomic E-state index is 7.50. The molecule has 4 heteroatoms. The Morgan fingerprint density at radius 3 is 0.982 bits per heavy atom. The van der Waals surface area contributed by atoms with E-state index in [2.05, 4.69) is 364 Å². The molecule has 4 heterocycles. The molecule has 112 heavy (non-hydrogen) atoms. The molecule has 0 saturated carbocycles. The summed E-state index contributed by atoms with van der Waals surface area (Å²) >= 11 is 0. The summed E-state index contributed by atoms with van der Waals surface area (Å²) in [6.45, 7) is 0. The molecule has 0 aliphatic heterocycles. The summed E-state index contributed by atoms with van der Waals surface area (Å²) in [4.78, 5) is 0. The molecule has 25 aromatic rings. The minimum Gasteiger partial charge on any atom is -0.455 e. The highest BCUT2D eigenvalue weighted by atomic mass is 16.4. The van der Waals surface area contributed by atoms with Crippen molar-refractivity contribution in [3.05, 3.63) is 364 Å². The molecule has 0 saturated heterocycles. The smallest absolute Gasteiger partial charge is 0.147 e. The van der Waals surface area contributed by atoms with Gasteiger partial charge in [-0.25, -0.2) is 0 Å². The number of furan rings is 4. The normalized spacial score (nSPS) is 12.3. The lowest BCUT2D eigenvalue weighted by Gasteiger charge is -2.18. The van der Waals surface area contributed by atoms with Gasteiger partial charge in [0.1, 0.15) is 44.7 Å². The molecule has 0 aliphatic rings. The van der Waals surface area contributed by atoms with Gasteiger partial charge in [0.05, 0.1) is 10.8 Å². The highest BCUT2D eigenvalue weighted by Crippen LogP contribution is 2.54. The van der Waals surface area contributed by atoms with E-state index in [0.29, 0.717) is 0 Å². The Kier molecular flexibility index (Phi) is 12.8. The van der Waals surface area contributed by atoms with Gasteiger partial charge in [0.2, 0.25) is 0 Å². The fraction of sp³-hybridized carbons (Fsp3) is 0. The Morgan fingerprint density at radius 2 is 0.446 bits per heavy atom. The molecule has 516 valence electrons. The average molecular weight is 1420 g/mol. The van der Waals surface area contributed by atoms with Gasteiger partial charge < -0.3 is 17.7 Å². The average Bonchev–Trinajstić information content (AvgIpc) is 1.46. The molecule has 0 N–H and O–H groups in total. The minimum absolute atomic E-state index is 0.766. The largest absolute Gasteiger partial charge is 0.455 e. The molecule has 0 atom stereocenters. The summed E-state index contributed by atoms with van der Waals surface area (Å²) in [5.74, 6) is 0. The zero-order valence-electron chi connectivity index (χ0n) is 60.3. The van der Waals surface area contributed by atoms with Crippen LogP contribution in [-0.4, -0.2) is 0 Å². The maximum Gasteiger partial charge on any atom is 0.147 e. The number of benzene rings is 21. The van der Waals surface area contributed by atoms with Crippen molar-refractivity contribution >= 4 is 185 Å². The lowest BCUT2D eigenvalue weighted by molar-refractivity contribution is 0.663. The molecule has 0 radical (unpaired) electrons. The molecular formula is C108H60O4. The van der Waals surface area contributed by atoms with Crippen molar-refractivity contribution < 1.29 is 17.7 Å². The Balaban J connectivity index is 0.640. The number of hydrogen-bond donors (Lipinski definition) is 0. The van der Waals surface area contributed by atoms with E-state index in [1.54, 1.807) is 0 Å². The zero-order chi connectivity index (χ0) is 73.0. The van der Waals surface area contributed by atoms with Crippen LogP contribution >= 0.6 is 0 Å². The van der Waals surface area contributed by atoms with Crippen molar-refractivity contribution in [2.24, 2.45) is 0 Å². The Morgan fingerprint density at radius 1 is 0.134 bits per heavy atom. The minimum atomic E-state index is 0.766. The van der Waals surface area contributed by atoms with Gasteiger partial charge >= 0.3 is 0 Å². The molecule has 21 aromatic carbocycles. The molecule has 0 aliphatic carbocycles. The first-order valence-electron chi connectivity index (χ1n) is 38.5. The molecule has 4 aromatic heterocycles. The van der Waals surface area contributed by atoms with Crippen LogP contribution in [0.3, 0.4) is 0 Å². The molecule has 0 bridgehead atoms. The third-order valence-electron chi connectivity index (χ3n) is 24.4. The van der Waals surface area contributed by atoms with Crippen LogP contribution in [0.5, 0.6) is 0 Å². The topological polar surface area (TPSA) is 52.6 Å². The van der Waals surface area contributed by atoms with Crippen LogP contribution < -0.4 is 0 Å². The lowest BCUT2D eigenvalue weighted by Crippen LogP contribution is -1.91.